The Morgan fingerprint density at radius 2 is 1.82 bits per heavy atom. The molecule has 33 heavy (non-hydrogen) atoms. The molecule has 4 rings (SSSR count). The number of anilines is 1. The molecule has 166 valence electrons. The Morgan fingerprint density at radius 1 is 1.09 bits per heavy atom. The van der Waals surface area contributed by atoms with Gasteiger partial charge >= 0.3 is 11.9 Å². The van der Waals surface area contributed by atoms with E-state index in [0.717, 1.165) is 0 Å². The maximum absolute atomic E-state index is 13.0. The number of hydrogen-bond donors (Lipinski definition) is 1. The molecule has 0 aliphatic carbocycles. The average Bonchev–Trinajstić information content (AvgIpc) is 3.39. The minimum atomic E-state index is -1.05. The first-order chi connectivity index (χ1) is 15.9. The number of benzene rings is 2. The fourth-order valence-electron chi connectivity index (χ4n) is 3.41. The van der Waals surface area contributed by atoms with Gasteiger partial charge in [0.25, 0.3) is 5.91 Å². The van der Waals surface area contributed by atoms with E-state index in [4.69, 9.17) is 14.3 Å². The van der Waals surface area contributed by atoms with Gasteiger partial charge in [-0.05, 0) is 62.4 Å². The van der Waals surface area contributed by atoms with Crippen LogP contribution in [0.25, 0.3) is 17.4 Å². The number of rotatable bonds is 6. The molecule has 0 radical (unpaired) electrons. The van der Waals surface area contributed by atoms with Gasteiger partial charge in [0.05, 0.1) is 34.7 Å². The Hall–Kier alpha value is -4.46. The molecule has 0 unspecified atom stereocenters. The Kier molecular flexibility index (Phi) is 5.91. The quantitative estimate of drug-likeness (QED) is 0.439. The molecule has 1 amide bonds. The zero-order valence-electron chi connectivity index (χ0n) is 17.9. The predicted molar refractivity (Wildman–Crippen MR) is 122 cm³/mol. The lowest BCUT2D eigenvalue weighted by Gasteiger charge is -2.11. The van der Waals surface area contributed by atoms with Gasteiger partial charge in [0.1, 0.15) is 11.5 Å². The minimum Gasteiger partial charge on any atom is -0.478 e. The van der Waals surface area contributed by atoms with E-state index in [9.17, 15) is 14.4 Å². The number of aromatic carboxylic acids is 1. The normalized spacial score (nSPS) is 14.5. The minimum absolute atomic E-state index is 0.119. The highest BCUT2D eigenvalue weighted by Gasteiger charge is 2.29. The van der Waals surface area contributed by atoms with Crippen LogP contribution in [0.5, 0.6) is 0 Å². The second-order valence-corrected chi connectivity index (χ2v) is 7.18. The van der Waals surface area contributed by atoms with Gasteiger partial charge in [0, 0.05) is 5.56 Å². The summed E-state index contributed by atoms with van der Waals surface area (Å²) in [6.07, 6.45) is 1.59. The van der Waals surface area contributed by atoms with Gasteiger partial charge in [-0.25, -0.2) is 9.59 Å². The van der Waals surface area contributed by atoms with Crippen LogP contribution in [-0.2, 0) is 9.53 Å². The molecule has 0 saturated carbocycles. The van der Waals surface area contributed by atoms with Crippen molar-refractivity contribution in [3.05, 3.63) is 83.1 Å². The van der Waals surface area contributed by atoms with Crippen molar-refractivity contribution in [2.24, 2.45) is 5.10 Å². The third kappa shape index (κ3) is 4.31. The molecule has 0 fully saturated rings. The number of hydrogen-bond acceptors (Lipinski definition) is 6. The van der Waals surface area contributed by atoms with Crippen LogP contribution in [0.4, 0.5) is 5.69 Å². The Morgan fingerprint density at radius 3 is 2.52 bits per heavy atom. The van der Waals surface area contributed by atoms with Gasteiger partial charge in [-0.3, -0.25) is 4.79 Å². The van der Waals surface area contributed by atoms with Crippen molar-refractivity contribution in [3.8, 4) is 11.3 Å². The van der Waals surface area contributed by atoms with Gasteiger partial charge in [-0.1, -0.05) is 18.2 Å². The predicted octanol–water partition coefficient (Wildman–Crippen LogP) is 4.63. The van der Waals surface area contributed by atoms with Gasteiger partial charge in [-0.2, -0.15) is 10.1 Å². The molecule has 1 aliphatic heterocycles. The molecule has 0 bridgehead atoms. The van der Waals surface area contributed by atoms with Gasteiger partial charge in [0.2, 0.25) is 0 Å². The number of carbonyl (C=O) groups is 3. The monoisotopic (exact) mass is 444 g/mol. The highest BCUT2D eigenvalue weighted by atomic mass is 16.5. The van der Waals surface area contributed by atoms with E-state index in [1.807, 2.05) is 0 Å². The summed E-state index contributed by atoms with van der Waals surface area (Å²) in [4.78, 5) is 36.3. The lowest BCUT2D eigenvalue weighted by molar-refractivity contribution is -0.114. The maximum Gasteiger partial charge on any atom is 0.338 e. The largest absolute Gasteiger partial charge is 0.478 e. The fraction of sp³-hybridized carbons (Fsp3) is 0.120. The summed E-state index contributed by atoms with van der Waals surface area (Å²) in [5.74, 6) is -0.965. The number of nitrogens with zero attached hydrogens (tertiary/aromatic N) is 2. The third-order valence-corrected chi connectivity index (χ3v) is 5.02. The molecule has 0 atom stereocenters. The number of carboxylic acids is 1. The van der Waals surface area contributed by atoms with Crippen LogP contribution < -0.4 is 5.01 Å². The van der Waals surface area contributed by atoms with Crippen LogP contribution in [0.3, 0.4) is 0 Å². The number of furan rings is 1. The van der Waals surface area contributed by atoms with E-state index in [0.29, 0.717) is 39.6 Å². The number of amides is 1. The Balaban J connectivity index is 1.60. The lowest BCUT2D eigenvalue weighted by Crippen LogP contribution is -2.21. The van der Waals surface area contributed by atoms with E-state index < -0.39 is 11.9 Å². The van der Waals surface area contributed by atoms with Crippen molar-refractivity contribution in [2.75, 3.05) is 11.6 Å². The van der Waals surface area contributed by atoms with Crippen molar-refractivity contribution < 1.29 is 28.6 Å². The second kappa shape index (κ2) is 8.96. The van der Waals surface area contributed by atoms with Crippen molar-refractivity contribution in [1.29, 1.82) is 0 Å². The molecule has 1 N–H and O–H groups in total. The summed E-state index contributed by atoms with van der Waals surface area (Å²) in [7, 11) is 0. The molecule has 2 aromatic carbocycles. The standard InChI is InChI=1S/C25H20N2O6/c1-3-32-25(31)20-7-5-4-6-19(20)22-13-12-18(33-22)14-21-15(2)26-27(23(21)28)17-10-8-16(9-11-17)24(29)30/h4-14H,3H2,1-2H3,(H,29,30)/b21-14-. The van der Waals surface area contributed by atoms with Crippen LogP contribution in [0, 0.1) is 0 Å². The summed E-state index contributed by atoms with van der Waals surface area (Å²) >= 11 is 0. The van der Waals surface area contributed by atoms with E-state index in [1.165, 1.54) is 29.3 Å². The summed E-state index contributed by atoms with van der Waals surface area (Å²) in [5, 5.41) is 14.6. The highest BCUT2D eigenvalue weighted by Crippen LogP contribution is 2.29. The molecular weight excluding hydrogens is 424 g/mol. The van der Waals surface area contributed by atoms with Crippen molar-refractivity contribution in [3.63, 3.8) is 0 Å². The molecular formula is C25H20N2O6. The van der Waals surface area contributed by atoms with Crippen molar-refractivity contribution in [1.82, 2.24) is 0 Å². The number of ether oxygens (including phenoxy) is 1. The van der Waals surface area contributed by atoms with Crippen LogP contribution in [0.1, 0.15) is 40.3 Å². The van der Waals surface area contributed by atoms with Crippen molar-refractivity contribution >= 4 is 35.3 Å². The van der Waals surface area contributed by atoms with E-state index in [-0.39, 0.29) is 18.1 Å². The molecule has 1 aromatic heterocycles. The van der Waals surface area contributed by atoms with Crippen LogP contribution in [0.2, 0.25) is 0 Å². The summed E-state index contributed by atoms with van der Waals surface area (Å²) in [5.41, 5.74) is 2.39. The Bertz CT molecular complexity index is 1300. The number of carbonyl (C=O) groups excluding carboxylic acids is 2. The first-order valence-corrected chi connectivity index (χ1v) is 10.2. The van der Waals surface area contributed by atoms with Crippen molar-refractivity contribution in [2.45, 2.75) is 13.8 Å². The summed E-state index contributed by atoms with van der Waals surface area (Å²) in [6.45, 7) is 3.71. The van der Waals surface area contributed by atoms with Crippen LogP contribution in [0.15, 0.2) is 75.8 Å². The van der Waals surface area contributed by atoms with Gasteiger partial charge in [0.15, 0.2) is 0 Å². The smallest absolute Gasteiger partial charge is 0.338 e. The fourth-order valence-corrected chi connectivity index (χ4v) is 3.41. The topological polar surface area (TPSA) is 109 Å². The van der Waals surface area contributed by atoms with Crippen LogP contribution >= 0.6 is 0 Å². The number of esters is 1. The summed E-state index contributed by atoms with van der Waals surface area (Å²) in [6, 6.07) is 16.3. The zero-order valence-corrected chi connectivity index (χ0v) is 17.9. The molecule has 0 spiro atoms. The second-order valence-electron chi connectivity index (χ2n) is 7.18. The highest BCUT2D eigenvalue weighted by molar-refractivity contribution is 6.32. The summed E-state index contributed by atoms with van der Waals surface area (Å²) < 4.78 is 11.0. The van der Waals surface area contributed by atoms with E-state index in [2.05, 4.69) is 5.10 Å². The van der Waals surface area contributed by atoms with Crippen LogP contribution in [-0.4, -0.2) is 35.3 Å². The van der Waals surface area contributed by atoms with E-state index >= 15 is 0 Å². The molecule has 0 saturated heterocycles. The lowest BCUT2D eigenvalue weighted by atomic mass is 10.1. The number of hydrazone groups is 1. The molecule has 2 heterocycles. The first-order valence-electron chi connectivity index (χ1n) is 10.2. The Labute approximate surface area is 189 Å². The maximum atomic E-state index is 13.0. The average molecular weight is 444 g/mol. The molecule has 1 aliphatic rings. The third-order valence-electron chi connectivity index (χ3n) is 5.02. The zero-order chi connectivity index (χ0) is 23.5. The van der Waals surface area contributed by atoms with Gasteiger partial charge in [-0.15, -0.1) is 0 Å². The molecule has 8 heteroatoms. The number of carboxylic acid groups (broad SMARTS) is 1. The molecule has 3 aromatic rings. The van der Waals surface area contributed by atoms with Gasteiger partial charge < -0.3 is 14.3 Å². The first kappa shape index (κ1) is 21.8. The SMILES string of the molecule is CCOC(=O)c1ccccc1-c1ccc(/C=C2\C(=O)N(c3ccc(C(=O)O)cc3)N=C2C)o1. The molecule has 8 nitrogen and oxygen atoms in total. The van der Waals surface area contributed by atoms with E-state index in [1.54, 1.807) is 56.3 Å².